The average Bonchev–Trinajstić information content (AvgIpc) is 3.00. The second-order valence-corrected chi connectivity index (χ2v) is 7.63. The molecule has 0 aliphatic carbocycles. The predicted molar refractivity (Wildman–Crippen MR) is 115 cm³/mol. The van der Waals surface area contributed by atoms with E-state index in [4.69, 9.17) is 21.7 Å². The zero-order chi connectivity index (χ0) is 20.8. The molecule has 2 amide bonds. The lowest BCUT2D eigenvalue weighted by Gasteiger charge is -2.15. The maximum atomic E-state index is 12.7. The zero-order valence-electron chi connectivity index (χ0n) is 15.9. The highest BCUT2D eigenvalue weighted by molar-refractivity contribution is 8.26. The second-order valence-electron chi connectivity index (χ2n) is 5.96. The van der Waals surface area contributed by atoms with Gasteiger partial charge < -0.3 is 9.47 Å². The molecule has 0 saturated carbocycles. The van der Waals surface area contributed by atoms with Crippen LogP contribution in [0.25, 0.3) is 6.08 Å². The fourth-order valence-electron chi connectivity index (χ4n) is 2.48. The Bertz CT molecular complexity index is 963. The number of carbonyl (C=O) groups is 2. The van der Waals surface area contributed by atoms with E-state index < -0.39 is 11.8 Å². The molecule has 0 atom stereocenters. The first-order chi connectivity index (χ1) is 14.0. The van der Waals surface area contributed by atoms with Gasteiger partial charge in [0.25, 0.3) is 11.8 Å². The van der Waals surface area contributed by atoms with Crippen LogP contribution in [-0.4, -0.2) is 39.8 Å². The third-order valence-electron chi connectivity index (χ3n) is 3.88. The van der Waals surface area contributed by atoms with Crippen molar-refractivity contribution in [3.05, 3.63) is 58.8 Å². The molecule has 150 valence electrons. The van der Waals surface area contributed by atoms with E-state index in [-0.39, 0.29) is 4.32 Å². The number of methoxy groups -OCH3 is 1. The highest BCUT2D eigenvalue weighted by Crippen LogP contribution is 2.34. The highest BCUT2D eigenvalue weighted by atomic mass is 32.2. The number of thioether (sulfide) groups is 1. The lowest BCUT2D eigenvalue weighted by molar-refractivity contribution is -0.123. The number of nitrogens with zero attached hydrogens (tertiary/aromatic N) is 2. The van der Waals surface area contributed by atoms with Gasteiger partial charge in [-0.05, 0) is 54.5 Å². The standard InChI is InChI=1S/C20H19N3O4S2/c1-3-9-27-15-7-6-13(10-16(15)26-2)11-17-19(25)23(20(28)29-17)22-18(24)14-5-4-8-21-12-14/h4-8,10-12H,3,9H2,1-2H3,(H,22,24)/b17-11-. The molecule has 9 heteroatoms. The molecule has 7 nitrogen and oxygen atoms in total. The van der Waals surface area contributed by atoms with Crippen LogP contribution in [-0.2, 0) is 4.79 Å². The lowest BCUT2D eigenvalue weighted by Crippen LogP contribution is -2.44. The number of rotatable bonds is 7. The van der Waals surface area contributed by atoms with Crippen LogP contribution in [0.3, 0.4) is 0 Å². The van der Waals surface area contributed by atoms with Crippen molar-refractivity contribution >= 4 is 46.2 Å². The maximum Gasteiger partial charge on any atom is 0.285 e. The molecule has 1 aliphatic heterocycles. The van der Waals surface area contributed by atoms with Crippen molar-refractivity contribution < 1.29 is 19.1 Å². The summed E-state index contributed by atoms with van der Waals surface area (Å²) >= 11 is 6.36. The third-order valence-corrected chi connectivity index (χ3v) is 5.18. The number of thiocarbonyl (C=S) groups is 1. The zero-order valence-corrected chi connectivity index (χ0v) is 17.5. The number of aromatic nitrogens is 1. The summed E-state index contributed by atoms with van der Waals surface area (Å²) in [5, 5.41) is 1.07. The van der Waals surface area contributed by atoms with Gasteiger partial charge in [0.15, 0.2) is 15.8 Å². The van der Waals surface area contributed by atoms with E-state index >= 15 is 0 Å². The number of ether oxygens (including phenoxy) is 2. The van der Waals surface area contributed by atoms with Gasteiger partial charge >= 0.3 is 0 Å². The fraction of sp³-hybridized carbons (Fsp3) is 0.200. The highest BCUT2D eigenvalue weighted by Gasteiger charge is 2.33. The Hall–Kier alpha value is -2.91. The number of nitrogens with one attached hydrogen (secondary N) is 1. The van der Waals surface area contributed by atoms with Crippen LogP contribution in [0, 0.1) is 0 Å². The van der Waals surface area contributed by atoms with Crippen LogP contribution in [0.1, 0.15) is 29.3 Å². The molecular weight excluding hydrogens is 410 g/mol. The van der Waals surface area contributed by atoms with Crippen LogP contribution < -0.4 is 14.9 Å². The molecular formula is C20H19N3O4S2. The Balaban J connectivity index is 1.76. The van der Waals surface area contributed by atoms with Gasteiger partial charge in [-0.2, -0.15) is 5.01 Å². The van der Waals surface area contributed by atoms with Gasteiger partial charge in [-0.15, -0.1) is 0 Å². The Morgan fingerprint density at radius 1 is 1.34 bits per heavy atom. The van der Waals surface area contributed by atoms with Crippen molar-refractivity contribution in [1.82, 2.24) is 15.4 Å². The smallest absolute Gasteiger partial charge is 0.285 e. The molecule has 29 heavy (non-hydrogen) atoms. The Morgan fingerprint density at radius 3 is 2.86 bits per heavy atom. The summed E-state index contributed by atoms with van der Waals surface area (Å²) in [6.45, 7) is 2.61. The van der Waals surface area contributed by atoms with Gasteiger partial charge in [0.05, 0.1) is 24.2 Å². The number of pyridine rings is 1. The molecule has 2 aromatic rings. The third kappa shape index (κ3) is 4.93. The Kier molecular flexibility index (Phi) is 6.84. The topological polar surface area (TPSA) is 80.8 Å². The molecule has 2 heterocycles. The van der Waals surface area contributed by atoms with Gasteiger partial charge in [-0.1, -0.05) is 24.8 Å². The molecule has 1 saturated heterocycles. The Labute approximate surface area is 178 Å². The second kappa shape index (κ2) is 9.53. The molecule has 0 unspecified atom stereocenters. The summed E-state index contributed by atoms with van der Waals surface area (Å²) in [6, 6.07) is 8.65. The van der Waals surface area contributed by atoms with Crippen LogP contribution in [0.2, 0.25) is 0 Å². The molecule has 1 aromatic carbocycles. The molecule has 1 aliphatic rings. The first-order valence-electron chi connectivity index (χ1n) is 8.83. The van der Waals surface area contributed by atoms with Crippen LogP contribution in [0.15, 0.2) is 47.6 Å². The summed E-state index contributed by atoms with van der Waals surface area (Å²) < 4.78 is 11.3. The van der Waals surface area contributed by atoms with Crippen molar-refractivity contribution in [1.29, 1.82) is 0 Å². The summed E-state index contributed by atoms with van der Waals surface area (Å²) in [6.07, 6.45) is 5.56. The number of benzene rings is 1. The number of amides is 2. The van der Waals surface area contributed by atoms with Gasteiger partial charge in [0.2, 0.25) is 0 Å². The summed E-state index contributed by atoms with van der Waals surface area (Å²) in [7, 11) is 1.56. The molecule has 3 rings (SSSR count). The first-order valence-corrected chi connectivity index (χ1v) is 10.1. The van der Waals surface area contributed by atoms with Crippen LogP contribution in [0.5, 0.6) is 11.5 Å². The monoisotopic (exact) mass is 429 g/mol. The molecule has 0 radical (unpaired) electrons. The van der Waals surface area contributed by atoms with Crippen molar-refractivity contribution in [2.45, 2.75) is 13.3 Å². The van der Waals surface area contributed by atoms with E-state index in [1.54, 1.807) is 43.6 Å². The van der Waals surface area contributed by atoms with E-state index in [1.165, 1.54) is 6.20 Å². The minimum atomic E-state index is -0.463. The SMILES string of the molecule is CCCOc1ccc(/C=C2\SC(=S)N(NC(=O)c3cccnc3)C2=O)cc1OC. The number of hydrazine groups is 1. The van der Waals surface area contributed by atoms with E-state index in [9.17, 15) is 9.59 Å². The number of hydrogen-bond acceptors (Lipinski definition) is 7. The average molecular weight is 430 g/mol. The summed E-state index contributed by atoms with van der Waals surface area (Å²) in [5.41, 5.74) is 3.61. The molecule has 1 aromatic heterocycles. The lowest BCUT2D eigenvalue weighted by atomic mass is 10.2. The quantitative estimate of drug-likeness (QED) is 0.533. The van der Waals surface area contributed by atoms with Gasteiger partial charge in [0.1, 0.15) is 0 Å². The Morgan fingerprint density at radius 2 is 2.17 bits per heavy atom. The van der Waals surface area contributed by atoms with Gasteiger partial charge in [0, 0.05) is 12.4 Å². The van der Waals surface area contributed by atoms with E-state index in [1.807, 2.05) is 13.0 Å². The maximum absolute atomic E-state index is 12.7. The van der Waals surface area contributed by atoms with E-state index in [2.05, 4.69) is 10.4 Å². The minimum Gasteiger partial charge on any atom is -0.493 e. The van der Waals surface area contributed by atoms with Crippen LogP contribution in [0.4, 0.5) is 0 Å². The molecule has 1 fully saturated rings. The fourth-order valence-corrected chi connectivity index (χ4v) is 3.66. The van der Waals surface area contributed by atoms with Crippen molar-refractivity contribution in [2.75, 3.05) is 13.7 Å². The van der Waals surface area contributed by atoms with Crippen LogP contribution >= 0.6 is 24.0 Å². The van der Waals surface area contributed by atoms with Gasteiger partial charge in [-0.25, -0.2) is 0 Å². The van der Waals surface area contributed by atoms with Gasteiger partial charge in [-0.3, -0.25) is 20.0 Å². The minimum absolute atomic E-state index is 0.244. The largest absolute Gasteiger partial charge is 0.493 e. The first kappa shape index (κ1) is 20.8. The van der Waals surface area contributed by atoms with Crippen molar-refractivity contribution in [3.8, 4) is 11.5 Å². The summed E-state index contributed by atoms with van der Waals surface area (Å²) in [5.74, 6) is 0.354. The van der Waals surface area contributed by atoms with E-state index in [0.29, 0.717) is 28.6 Å². The normalized spacial score (nSPS) is 15.0. The number of hydrogen-bond donors (Lipinski definition) is 1. The number of carbonyl (C=O) groups excluding carboxylic acids is 2. The summed E-state index contributed by atoms with van der Waals surface area (Å²) in [4.78, 5) is 29.3. The van der Waals surface area contributed by atoms with E-state index in [0.717, 1.165) is 28.8 Å². The van der Waals surface area contributed by atoms with Crippen molar-refractivity contribution in [2.24, 2.45) is 0 Å². The van der Waals surface area contributed by atoms with Crippen molar-refractivity contribution in [3.63, 3.8) is 0 Å². The molecule has 0 spiro atoms. The predicted octanol–water partition coefficient (Wildman–Crippen LogP) is 3.43. The molecule has 1 N–H and O–H groups in total. The molecule has 0 bridgehead atoms.